The molecule has 19 heavy (non-hydrogen) atoms. The fourth-order valence-electron chi connectivity index (χ4n) is 1.88. The molecule has 1 heterocycles. The molecule has 3 nitrogen and oxygen atoms in total. The molecule has 0 radical (unpaired) electrons. The van der Waals surface area contributed by atoms with Crippen LogP contribution >= 0.6 is 27.7 Å². The molecule has 1 saturated carbocycles. The van der Waals surface area contributed by atoms with E-state index in [2.05, 4.69) is 44.4 Å². The van der Waals surface area contributed by atoms with Crippen molar-refractivity contribution in [1.82, 2.24) is 14.9 Å². The minimum absolute atomic E-state index is 0.727. The van der Waals surface area contributed by atoms with Gasteiger partial charge in [-0.3, -0.25) is 0 Å². The van der Waals surface area contributed by atoms with Crippen molar-refractivity contribution in [2.75, 3.05) is 0 Å². The third-order valence-corrected chi connectivity index (χ3v) is 4.85. The Kier molecular flexibility index (Phi) is 3.96. The molecule has 0 spiro atoms. The van der Waals surface area contributed by atoms with E-state index in [0.717, 1.165) is 22.2 Å². The Bertz CT molecular complexity index is 578. The first-order chi connectivity index (χ1) is 9.22. The lowest BCUT2D eigenvalue weighted by Gasteiger charge is -2.10. The largest absolute Gasteiger partial charge is 0.329 e. The molecule has 1 fully saturated rings. The van der Waals surface area contributed by atoms with Crippen LogP contribution in [0.25, 0.3) is 0 Å². The third-order valence-electron chi connectivity index (χ3n) is 3.16. The molecule has 0 atom stereocenters. The topological polar surface area (TPSA) is 29.9 Å². The molecule has 1 aliphatic carbocycles. The summed E-state index contributed by atoms with van der Waals surface area (Å²) in [6.07, 6.45) is 6.44. The van der Waals surface area contributed by atoms with Crippen molar-refractivity contribution in [3.8, 4) is 0 Å². The Morgan fingerprint density at radius 1 is 1.47 bits per heavy atom. The highest BCUT2D eigenvalue weighted by molar-refractivity contribution is 9.10. The van der Waals surface area contributed by atoms with Crippen molar-refractivity contribution in [1.29, 1.82) is 0 Å². The lowest BCUT2D eigenvalue weighted by molar-refractivity contribution is 0.679. The van der Waals surface area contributed by atoms with Crippen molar-refractivity contribution in [2.24, 2.45) is 7.05 Å². The number of hydrogen-bond acceptors (Lipinski definition) is 3. The summed E-state index contributed by atoms with van der Waals surface area (Å²) in [5, 5.41) is 4.60. The maximum Gasteiger partial charge on any atom is 0.172 e. The van der Waals surface area contributed by atoms with Crippen LogP contribution in [-0.2, 0) is 13.6 Å². The molecular weight excluding hydrogens is 322 g/mol. The van der Waals surface area contributed by atoms with Crippen LogP contribution in [0.5, 0.6) is 0 Å². The van der Waals surface area contributed by atoms with Gasteiger partial charge in [0.2, 0.25) is 0 Å². The molecule has 5 heteroatoms. The average Bonchev–Trinajstić information content (AvgIpc) is 3.14. The van der Waals surface area contributed by atoms with E-state index < -0.39 is 0 Å². The highest BCUT2D eigenvalue weighted by Gasteiger charge is 2.20. The van der Waals surface area contributed by atoms with Gasteiger partial charge in [0.05, 0.1) is 0 Å². The maximum atomic E-state index is 4.38. The van der Waals surface area contributed by atoms with Gasteiger partial charge in [0, 0.05) is 41.4 Å². The zero-order valence-corrected chi connectivity index (χ0v) is 13.2. The standard InChI is InChI=1S/C14H16BrN3S/c1-18-7-6-16-14(18)19-13-5-2-11(15)8-10(13)9-17-12-3-4-12/h2,5-8,12,17H,3-4,9H2,1H3. The van der Waals surface area contributed by atoms with Crippen molar-refractivity contribution in [3.05, 3.63) is 40.6 Å². The summed E-state index contributed by atoms with van der Waals surface area (Å²) in [5.74, 6) is 0. The van der Waals surface area contributed by atoms with Gasteiger partial charge < -0.3 is 9.88 Å². The number of hydrogen-bond donors (Lipinski definition) is 1. The Labute approximate surface area is 125 Å². The smallest absolute Gasteiger partial charge is 0.172 e. The second-order valence-electron chi connectivity index (χ2n) is 4.83. The zero-order valence-electron chi connectivity index (χ0n) is 10.8. The zero-order chi connectivity index (χ0) is 13.2. The molecule has 1 aliphatic rings. The SMILES string of the molecule is Cn1ccnc1Sc1ccc(Br)cc1CNC1CC1. The minimum atomic E-state index is 0.727. The Balaban J connectivity index is 1.80. The molecule has 0 aliphatic heterocycles. The van der Waals surface area contributed by atoms with Crippen molar-refractivity contribution in [2.45, 2.75) is 35.5 Å². The second-order valence-corrected chi connectivity index (χ2v) is 6.75. The number of benzene rings is 1. The van der Waals surface area contributed by atoms with Gasteiger partial charge in [-0.2, -0.15) is 0 Å². The van der Waals surface area contributed by atoms with Crippen molar-refractivity contribution >= 4 is 27.7 Å². The third kappa shape index (κ3) is 3.41. The summed E-state index contributed by atoms with van der Waals surface area (Å²) in [6, 6.07) is 7.17. The monoisotopic (exact) mass is 337 g/mol. The Morgan fingerprint density at radius 2 is 2.32 bits per heavy atom. The normalized spacial score (nSPS) is 14.8. The van der Waals surface area contributed by atoms with E-state index >= 15 is 0 Å². The second kappa shape index (κ2) is 5.69. The van der Waals surface area contributed by atoms with E-state index in [1.54, 1.807) is 11.8 Å². The molecule has 0 amide bonds. The van der Waals surface area contributed by atoms with E-state index in [9.17, 15) is 0 Å². The number of imidazole rings is 1. The first-order valence-corrected chi connectivity index (χ1v) is 8.00. The van der Waals surface area contributed by atoms with Gasteiger partial charge in [-0.05, 0) is 36.6 Å². The highest BCUT2D eigenvalue weighted by Crippen LogP contribution is 2.31. The fraction of sp³-hybridized carbons (Fsp3) is 0.357. The Hall–Kier alpha value is -0.780. The molecule has 0 saturated heterocycles. The van der Waals surface area contributed by atoms with Crippen molar-refractivity contribution < 1.29 is 0 Å². The fourth-order valence-corrected chi connectivity index (χ4v) is 3.20. The highest BCUT2D eigenvalue weighted by atomic mass is 79.9. The summed E-state index contributed by atoms with van der Waals surface area (Å²) in [6.45, 7) is 0.927. The lowest BCUT2D eigenvalue weighted by atomic mass is 10.2. The molecule has 2 aromatic rings. The van der Waals surface area contributed by atoms with E-state index in [1.807, 2.05) is 24.0 Å². The van der Waals surface area contributed by atoms with Crippen LogP contribution < -0.4 is 5.32 Å². The predicted octanol–water partition coefficient (Wildman–Crippen LogP) is 3.59. The maximum absolute atomic E-state index is 4.38. The number of nitrogens with one attached hydrogen (secondary N) is 1. The molecule has 1 aromatic carbocycles. The van der Waals surface area contributed by atoms with Gasteiger partial charge in [0.25, 0.3) is 0 Å². The average molecular weight is 338 g/mol. The van der Waals surface area contributed by atoms with E-state index in [4.69, 9.17) is 0 Å². The summed E-state index contributed by atoms with van der Waals surface area (Å²) in [7, 11) is 2.02. The Morgan fingerprint density at radius 3 is 3.00 bits per heavy atom. The molecular formula is C14H16BrN3S. The summed E-state index contributed by atoms with van der Waals surface area (Å²) in [5.41, 5.74) is 1.33. The number of rotatable bonds is 5. The van der Waals surface area contributed by atoms with Crippen molar-refractivity contribution in [3.63, 3.8) is 0 Å². The number of nitrogens with zero attached hydrogens (tertiary/aromatic N) is 2. The van der Waals surface area contributed by atoms with Crippen LogP contribution in [0, 0.1) is 0 Å². The molecule has 3 rings (SSSR count). The summed E-state index contributed by atoms with van der Waals surface area (Å²) in [4.78, 5) is 5.65. The minimum Gasteiger partial charge on any atom is -0.329 e. The van der Waals surface area contributed by atoms with Crippen LogP contribution in [0.4, 0.5) is 0 Å². The van der Waals surface area contributed by atoms with Crippen LogP contribution in [0.1, 0.15) is 18.4 Å². The van der Waals surface area contributed by atoms with Gasteiger partial charge in [-0.25, -0.2) is 4.98 Å². The van der Waals surface area contributed by atoms with Crippen LogP contribution in [-0.4, -0.2) is 15.6 Å². The molecule has 1 aromatic heterocycles. The molecule has 0 bridgehead atoms. The van der Waals surface area contributed by atoms with Gasteiger partial charge in [-0.15, -0.1) is 0 Å². The first-order valence-electron chi connectivity index (χ1n) is 6.39. The number of aromatic nitrogens is 2. The van der Waals surface area contributed by atoms with E-state index in [0.29, 0.717) is 0 Å². The number of aryl methyl sites for hydroxylation is 1. The van der Waals surface area contributed by atoms with Crippen LogP contribution in [0.15, 0.2) is 45.1 Å². The van der Waals surface area contributed by atoms with Gasteiger partial charge in [0.15, 0.2) is 5.16 Å². The first kappa shape index (κ1) is 13.2. The van der Waals surface area contributed by atoms with Gasteiger partial charge in [-0.1, -0.05) is 27.7 Å². The van der Waals surface area contributed by atoms with Crippen LogP contribution in [0.3, 0.4) is 0 Å². The molecule has 100 valence electrons. The quantitative estimate of drug-likeness (QED) is 0.904. The van der Waals surface area contributed by atoms with Gasteiger partial charge >= 0.3 is 0 Å². The summed E-state index contributed by atoms with van der Waals surface area (Å²) < 4.78 is 3.18. The lowest BCUT2D eigenvalue weighted by Crippen LogP contribution is -2.15. The van der Waals surface area contributed by atoms with E-state index in [1.165, 1.54) is 23.3 Å². The molecule has 0 unspecified atom stereocenters. The summed E-state index contributed by atoms with van der Waals surface area (Å²) >= 11 is 5.27. The van der Waals surface area contributed by atoms with E-state index in [-0.39, 0.29) is 0 Å². The van der Waals surface area contributed by atoms with Crippen LogP contribution in [0.2, 0.25) is 0 Å². The van der Waals surface area contributed by atoms with Gasteiger partial charge in [0.1, 0.15) is 0 Å². The molecule has 1 N–H and O–H groups in total. The number of halogens is 1. The predicted molar refractivity (Wildman–Crippen MR) is 81.3 cm³/mol.